The molecule has 4 nitrogen and oxygen atoms in total. The van der Waals surface area contributed by atoms with Crippen LogP contribution in [-0.4, -0.2) is 19.6 Å². The van der Waals surface area contributed by atoms with Crippen molar-refractivity contribution in [1.29, 1.82) is 0 Å². The maximum Gasteiger partial charge on any atom is 0.255 e. The lowest BCUT2D eigenvalue weighted by atomic mass is 10.2. The molecule has 0 fully saturated rings. The number of anilines is 1. The van der Waals surface area contributed by atoms with Crippen molar-refractivity contribution in [3.8, 4) is 11.5 Å². The summed E-state index contributed by atoms with van der Waals surface area (Å²) in [6, 6.07) is 14.3. The predicted octanol–water partition coefficient (Wildman–Crippen LogP) is 3.35. The molecule has 0 aromatic heterocycles. The Morgan fingerprint density at radius 2 is 1.85 bits per heavy atom. The summed E-state index contributed by atoms with van der Waals surface area (Å²) < 4.78 is 10.5. The van der Waals surface area contributed by atoms with Gasteiger partial charge >= 0.3 is 0 Å². The number of rotatable bonds is 5. The largest absolute Gasteiger partial charge is 0.497 e. The highest BCUT2D eigenvalue weighted by Crippen LogP contribution is 2.18. The Hall–Kier alpha value is -2.49. The normalized spacial score (nSPS) is 9.90. The van der Waals surface area contributed by atoms with Crippen molar-refractivity contribution in [1.82, 2.24) is 0 Å². The van der Waals surface area contributed by atoms with Gasteiger partial charge in [0.25, 0.3) is 5.91 Å². The molecule has 1 N–H and O–H groups in total. The molecule has 1 amide bonds. The quantitative estimate of drug-likeness (QED) is 0.907. The lowest BCUT2D eigenvalue weighted by Gasteiger charge is -2.08. The third-order valence-corrected chi connectivity index (χ3v) is 2.76. The van der Waals surface area contributed by atoms with Crippen molar-refractivity contribution in [2.24, 2.45) is 0 Å². The molecule has 0 unspecified atom stereocenters. The number of methoxy groups -OCH3 is 1. The minimum absolute atomic E-state index is 0.173. The van der Waals surface area contributed by atoms with Crippen LogP contribution < -0.4 is 14.8 Å². The molecule has 2 aromatic carbocycles. The summed E-state index contributed by atoms with van der Waals surface area (Å²) in [7, 11) is 1.57. The SMILES string of the molecule is CCOc1ccc(NC(=O)c2cccc(OC)c2)cc1. The van der Waals surface area contributed by atoms with Gasteiger partial charge in [-0.2, -0.15) is 0 Å². The summed E-state index contributed by atoms with van der Waals surface area (Å²) in [5, 5.41) is 2.83. The van der Waals surface area contributed by atoms with Crippen molar-refractivity contribution in [3.05, 3.63) is 54.1 Å². The molecule has 0 aliphatic carbocycles. The van der Waals surface area contributed by atoms with Crippen LogP contribution in [0.4, 0.5) is 5.69 Å². The first-order valence-corrected chi connectivity index (χ1v) is 6.41. The second-order valence-corrected chi connectivity index (χ2v) is 4.14. The van der Waals surface area contributed by atoms with E-state index in [-0.39, 0.29) is 5.91 Å². The van der Waals surface area contributed by atoms with Crippen LogP contribution in [0, 0.1) is 0 Å². The Morgan fingerprint density at radius 3 is 2.50 bits per heavy atom. The van der Waals surface area contributed by atoms with Crippen LogP contribution in [0.15, 0.2) is 48.5 Å². The van der Waals surface area contributed by atoms with Gasteiger partial charge in [0, 0.05) is 11.3 Å². The van der Waals surface area contributed by atoms with Gasteiger partial charge in [0.15, 0.2) is 0 Å². The van der Waals surface area contributed by atoms with E-state index in [0.717, 1.165) is 11.4 Å². The molecule has 2 aromatic rings. The summed E-state index contributed by atoms with van der Waals surface area (Å²) in [6.45, 7) is 2.55. The number of ether oxygens (including phenoxy) is 2. The van der Waals surface area contributed by atoms with Gasteiger partial charge in [-0.15, -0.1) is 0 Å². The van der Waals surface area contributed by atoms with Crippen LogP contribution in [0.3, 0.4) is 0 Å². The Bertz CT molecular complexity index is 579. The first-order valence-electron chi connectivity index (χ1n) is 6.41. The highest BCUT2D eigenvalue weighted by Gasteiger charge is 2.07. The van der Waals surface area contributed by atoms with E-state index in [1.165, 1.54) is 0 Å². The topological polar surface area (TPSA) is 47.6 Å². The van der Waals surface area contributed by atoms with E-state index in [1.807, 2.05) is 31.2 Å². The summed E-state index contributed by atoms with van der Waals surface area (Å²) in [5.41, 5.74) is 1.28. The summed E-state index contributed by atoms with van der Waals surface area (Å²) in [4.78, 5) is 12.1. The lowest BCUT2D eigenvalue weighted by molar-refractivity contribution is 0.102. The predicted molar refractivity (Wildman–Crippen MR) is 78.6 cm³/mol. The van der Waals surface area contributed by atoms with Gasteiger partial charge in [0.2, 0.25) is 0 Å². The fourth-order valence-electron chi connectivity index (χ4n) is 1.77. The number of nitrogens with one attached hydrogen (secondary N) is 1. The zero-order valence-electron chi connectivity index (χ0n) is 11.6. The first-order chi connectivity index (χ1) is 9.72. The van der Waals surface area contributed by atoms with Crippen LogP contribution in [0.1, 0.15) is 17.3 Å². The molecule has 4 heteroatoms. The first kappa shape index (κ1) is 13.9. The number of carbonyl (C=O) groups is 1. The van der Waals surface area contributed by atoms with E-state index in [0.29, 0.717) is 17.9 Å². The molecule has 20 heavy (non-hydrogen) atoms. The molecular weight excluding hydrogens is 254 g/mol. The van der Waals surface area contributed by atoms with Gasteiger partial charge in [0.1, 0.15) is 11.5 Å². The summed E-state index contributed by atoms with van der Waals surface area (Å²) >= 11 is 0. The fraction of sp³-hybridized carbons (Fsp3) is 0.188. The maximum absolute atomic E-state index is 12.1. The van der Waals surface area contributed by atoms with Crippen molar-refractivity contribution in [2.45, 2.75) is 6.92 Å². The van der Waals surface area contributed by atoms with E-state index in [9.17, 15) is 4.79 Å². The molecular formula is C16H17NO3. The molecule has 0 radical (unpaired) electrons. The third kappa shape index (κ3) is 3.51. The average Bonchev–Trinajstić information content (AvgIpc) is 2.49. The number of benzene rings is 2. The number of amides is 1. The van der Waals surface area contributed by atoms with Crippen molar-refractivity contribution in [2.75, 3.05) is 19.0 Å². The molecule has 0 heterocycles. The van der Waals surface area contributed by atoms with Crippen LogP contribution in [-0.2, 0) is 0 Å². The van der Waals surface area contributed by atoms with Gasteiger partial charge in [0.05, 0.1) is 13.7 Å². The van der Waals surface area contributed by atoms with Crippen LogP contribution >= 0.6 is 0 Å². The Kier molecular flexibility index (Phi) is 4.60. The van der Waals surface area contributed by atoms with Gasteiger partial charge in [-0.1, -0.05) is 6.07 Å². The Labute approximate surface area is 118 Å². The third-order valence-electron chi connectivity index (χ3n) is 2.76. The standard InChI is InChI=1S/C16H17NO3/c1-3-20-14-9-7-13(8-10-14)17-16(18)12-5-4-6-15(11-12)19-2/h4-11H,3H2,1-2H3,(H,17,18). The molecule has 0 bridgehead atoms. The van der Waals surface area contributed by atoms with E-state index >= 15 is 0 Å². The molecule has 2 rings (SSSR count). The van der Waals surface area contributed by atoms with Crippen LogP contribution in [0.5, 0.6) is 11.5 Å². The van der Waals surface area contributed by atoms with Crippen LogP contribution in [0.25, 0.3) is 0 Å². The van der Waals surface area contributed by atoms with E-state index in [2.05, 4.69) is 5.32 Å². The Morgan fingerprint density at radius 1 is 1.10 bits per heavy atom. The van der Waals surface area contributed by atoms with Gasteiger partial charge in [-0.25, -0.2) is 0 Å². The average molecular weight is 271 g/mol. The van der Waals surface area contributed by atoms with Gasteiger partial charge in [-0.05, 0) is 49.4 Å². The summed E-state index contributed by atoms with van der Waals surface area (Å²) in [5.74, 6) is 1.27. The number of carbonyl (C=O) groups excluding carboxylic acids is 1. The zero-order valence-corrected chi connectivity index (χ0v) is 11.6. The maximum atomic E-state index is 12.1. The molecule has 0 spiro atoms. The van der Waals surface area contributed by atoms with E-state index in [1.54, 1.807) is 31.4 Å². The molecule has 0 atom stereocenters. The molecule has 104 valence electrons. The van der Waals surface area contributed by atoms with Gasteiger partial charge in [-0.3, -0.25) is 4.79 Å². The second-order valence-electron chi connectivity index (χ2n) is 4.14. The number of hydrogen-bond acceptors (Lipinski definition) is 3. The highest BCUT2D eigenvalue weighted by atomic mass is 16.5. The minimum atomic E-state index is -0.173. The smallest absolute Gasteiger partial charge is 0.255 e. The van der Waals surface area contributed by atoms with Crippen molar-refractivity contribution < 1.29 is 14.3 Å². The highest BCUT2D eigenvalue weighted by molar-refractivity contribution is 6.04. The second kappa shape index (κ2) is 6.61. The minimum Gasteiger partial charge on any atom is -0.497 e. The zero-order chi connectivity index (χ0) is 14.4. The van der Waals surface area contributed by atoms with E-state index in [4.69, 9.17) is 9.47 Å². The molecule has 0 aliphatic heterocycles. The van der Waals surface area contributed by atoms with Crippen molar-refractivity contribution in [3.63, 3.8) is 0 Å². The lowest BCUT2D eigenvalue weighted by Crippen LogP contribution is -2.11. The number of hydrogen-bond donors (Lipinski definition) is 1. The molecule has 0 saturated heterocycles. The summed E-state index contributed by atoms with van der Waals surface area (Å²) in [6.07, 6.45) is 0. The molecule has 0 saturated carbocycles. The van der Waals surface area contributed by atoms with E-state index < -0.39 is 0 Å². The Balaban J connectivity index is 2.06. The van der Waals surface area contributed by atoms with Gasteiger partial charge < -0.3 is 14.8 Å². The van der Waals surface area contributed by atoms with Crippen molar-refractivity contribution >= 4 is 11.6 Å². The fourth-order valence-corrected chi connectivity index (χ4v) is 1.77. The van der Waals surface area contributed by atoms with Crippen LogP contribution in [0.2, 0.25) is 0 Å². The molecule has 0 aliphatic rings. The monoisotopic (exact) mass is 271 g/mol.